The first-order chi connectivity index (χ1) is 17.3. The van der Waals surface area contributed by atoms with E-state index in [4.69, 9.17) is 0 Å². The van der Waals surface area contributed by atoms with Gasteiger partial charge < -0.3 is 4.90 Å². The maximum atomic E-state index is 4.34. The summed E-state index contributed by atoms with van der Waals surface area (Å²) in [6, 6.07) is 21.6. The number of hydrogen-bond acceptors (Lipinski definition) is 2. The third kappa shape index (κ3) is 4.81. The molecular weight excluding hydrogens is 435 g/mol. The second-order valence-corrected chi connectivity index (χ2v) is 11.2. The average molecular weight is 477 g/mol. The van der Waals surface area contributed by atoms with Crippen molar-refractivity contribution in [3.05, 3.63) is 96.2 Å². The van der Waals surface area contributed by atoms with Gasteiger partial charge in [-0.1, -0.05) is 90.3 Å². The van der Waals surface area contributed by atoms with Crippen LogP contribution in [0.25, 0.3) is 16.7 Å². The summed E-state index contributed by atoms with van der Waals surface area (Å²) < 4.78 is 0. The first kappa shape index (κ1) is 26.0. The highest BCUT2D eigenvalue weighted by Gasteiger charge is 2.56. The Bertz CT molecular complexity index is 1240. The molecule has 2 aliphatic rings. The molecule has 0 saturated carbocycles. The Kier molecular flexibility index (Phi) is 7.59. The minimum Gasteiger partial charge on any atom is -0.344 e. The van der Waals surface area contributed by atoms with Crippen molar-refractivity contribution >= 4 is 23.7 Å². The standard InChI is InChI=1S/C31H35BN2.C2H6/c1-30(2)22-32(31(30,3)4)26-16-13-23(14-17-26)28-20-24(25-10-9-19-33-21-25)15-18-29(28)34(5)27-11-7-6-8-12-27;1-2/h6-13,15-16,18-21H,14,17,22H2,1-5H3;1-2H3. The van der Waals surface area contributed by atoms with Gasteiger partial charge in [0, 0.05) is 41.9 Å². The molecule has 1 saturated heterocycles. The van der Waals surface area contributed by atoms with E-state index in [1.165, 1.54) is 34.4 Å². The smallest absolute Gasteiger partial charge is 0.177 e. The number of pyridine rings is 1. The monoisotopic (exact) mass is 476 g/mol. The predicted molar refractivity (Wildman–Crippen MR) is 159 cm³/mol. The SMILES string of the molecule is CC.CN(c1ccccc1)c1ccc(-c2cccnc2)cc1C1=CC=C(B2CC(C)(C)C2(C)C)CC1. The van der Waals surface area contributed by atoms with Gasteiger partial charge in [0.1, 0.15) is 0 Å². The molecule has 1 fully saturated rings. The van der Waals surface area contributed by atoms with Crippen LogP contribution < -0.4 is 4.90 Å². The number of aromatic nitrogens is 1. The quantitative estimate of drug-likeness (QED) is 0.341. The van der Waals surface area contributed by atoms with E-state index in [-0.39, 0.29) is 0 Å². The summed E-state index contributed by atoms with van der Waals surface area (Å²) in [5.41, 5.74) is 9.60. The first-order valence-electron chi connectivity index (χ1n) is 13.5. The Morgan fingerprint density at radius 1 is 0.833 bits per heavy atom. The molecule has 0 unspecified atom stereocenters. The summed E-state index contributed by atoms with van der Waals surface area (Å²) in [6.07, 6.45) is 12.2. The van der Waals surface area contributed by atoms with Gasteiger partial charge in [-0.05, 0) is 65.0 Å². The van der Waals surface area contributed by atoms with Crippen LogP contribution in [0.1, 0.15) is 59.9 Å². The topological polar surface area (TPSA) is 16.1 Å². The highest BCUT2D eigenvalue weighted by Crippen LogP contribution is 2.63. The number of benzene rings is 2. The Morgan fingerprint density at radius 2 is 1.58 bits per heavy atom. The molecule has 1 aliphatic heterocycles. The second-order valence-electron chi connectivity index (χ2n) is 11.2. The maximum absolute atomic E-state index is 4.34. The lowest BCUT2D eigenvalue weighted by Gasteiger charge is -2.58. The van der Waals surface area contributed by atoms with E-state index in [1.807, 2.05) is 32.3 Å². The highest BCUT2D eigenvalue weighted by atomic mass is 15.1. The van der Waals surface area contributed by atoms with E-state index in [2.05, 4.69) is 111 Å². The molecule has 5 rings (SSSR count). The van der Waals surface area contributed by atoms with E-state index < -0.39 is 0 Å². The summed E-state index contributed by atoms with van der Waals surface area (Å²) in [4.78, 5) is 6.65. The number of allylic oxidation sites excluding steroid dienone is 4. The molecule has 2 heterocycles. The van der Waals surface area contributed by atoms with Crippen LogP contribution >= 0.6 is 0 Å². The molecule has 3 aromatic rings. The molecule has 0 N–H and O–H groups in total. The van der Waals surface area contributed by atoms with Crippen LogP contribution in [-0.4, -0.2) is 18.7 Å². The van der Waals surface area contributed by atoms with Gasteiger partial charge in [-0.15, -0.1) is 5.47 Å². The Morgan fingerprint density at radius 3 is 2.17 bits per heavy atom. The Labute approximate surface area is 219 Å². The first-order valence-corrected chi connectivity index (χ1v) is 13.5. The zero-order chi connectivity index (χ0) is 25.9. The van der Waals surface area contributed by atoms with E-state index in [0.29, 0.717) is 17.4 Å². The van der Waals surface area contributed by atoms with Gasteiger partial charge >= 0.3 is 0 Å². The fraction of sp³-hybridized carbons (Fsp3) is 0.364. The largest absolute Gasteiger partial charge is 0.344 e. The Balaban J connectivity index is 0.00000148. The van der Waals surface area contributed by atoms with Crippen LogP contribution in [0.3, 0.4) is 0 Å². The zero-order valence-electron chi connectivity index (χ0n) is 23.2. The summed E-state index contributed by atoms with van der Waals surface area (Å²) in [5.74, 6) is 0. The van der Waals surface area contributed by atoms with Crippen LogP contribution in [0, 0.1) is 5.41 Å². The van der Waals surface area contributed by atoms with Crippen LogP contribution in [0.2, 0.25) is 11.6 Å². The van der Waals surface area contributed by atoms with E-state index >= 15 is 0 Å². The molecule has 0 atom stereocenters. The summed E-state index contributed by atoms with van der Waals surface area (Å²) >= 11 is 0. The highest BCUT2D eigenvalue weighted by molar-refractivity contribution is 6.73. The molecular formula is C33H41BN2. The molecule has 2 aromatic carbocycles. The minimum absolute atomic E-state index is 0.364. The fourth-order valence-corrected chi connectivity index (χ4v) is 5.72. The predicted octanol–water partition coefficient (Wildman–Crippen LogP) is 9.50. The molecule has 0 amide bonds. The number of anilines is 2. The summed E-state index contributed by atoms with van der Waals surface area (Å²) in [5, 5.41) is 0.364. The lowest BCUT2D eigenvalue weighted by Crippen LogP contribution is -2.54. The average Bonchev–Trinajstić information content (AvgIpc) is 2.93. The number of nitrogens with zero attached hydrogens (tertiary/aromatic N) is 2. The van der Waals surface area contributed by atoms with Gasteiger partial charge in [0.05, 0.1) is 0 Å². The van der Waals surface area contributed by atoms with Gasteiger partial charge in [0.25, 0.3) is 0 Å². The summed E-state index contributed by atoms with van der Waals surface area (Å²) in [7, 11) is 2.17. The number of rotatable bonds is 5. The lowest BCUT2D eigenvalue weighted by molar-refractivity contribution is 0.240. The molecule has 186 valence electrons. The number of hydrogen-bond donors (Lipinski definition) is 0. The zero-order valence-corrected chi connectivity index (χ0v) is 23.2. The third-order valence-corrected chi connectivity index (χ3v) is 8.80. The van der Waals surface area contributed by atoms with Crippen LogP contribution in [-0.2, 0) is 0 Å². The lowest BCUT2D eigenvalue weighted by atomic mass is 9.12. The van der Waals surface area contributed by atoms with Gasteiger partial charge in [-0.2, -0.15) is 0 Å². The van der Waals surface area contributed by atoms with Crippen molar-refractivity contribution in [2.45, 2.75) is 66.0 Å². The van der Waals surface area contributed by atoms with Crippen molar-refractivity contribution < 1.29 is 0 Å². The van der Waals surface area contributed by atoms with Gasteiger partial charge in [-0.3, -0.25) is 4.98 Å². The molecule has 3 heteroatoms. The molecule has 0 spiro atoms. The molecule has 1 aromatic heterocycles. The molecule has 0 bridgehead atoms. The minimum atomic E-state index is 0.364. The molecule has 36 heavy (non-hydrogen) atoms. The fourth-order valence-electron chi connectivity index (χ4n) is 5.72. The van der Waals surface area contributed by atoms with Gasteiger partial charge in [0.15, 0.2) is 6.71 Å². The van der Waals surface area contributed by atoms with Crippen LogP contribution in [0.4, 0.5) is 11.4 Å². The van der Waals surface area contributed by atoms with Crippen molar-refractivity contribution in [2.75, 3.05) is 11.9 Å². The van der Waals surface area contributed by atoms with Gasteiger partial charge in [0.2, 0.25) is 0 Å². The van der Waals surface area contributed by atoms with E-state index in [1.54, 1.807) is 5.47 Å². The molecule has 1 aliphatic carbocycles. The molecule has 2 nitrogen and oxygen atoms in total. The van der Waals surface area contributed by atoms with Gasteiger partial charge in [-0.25, -0.2) is 0 Å². The van der Waals surface area contributed by atoms with Crippen LogP contribution in [0.15, 0.2) is 90.7 Å². The second kappa shape index (κ2) is 10.5. The normalized spacial score (nSPS) is 17.7. The van der Waals surface area contributed by atoms with Crippen molar-refractivity contribution in [3.63, 3.8) is 0 Å². The van der Waals surface area contributed by atoms with Crippen molar-refractivity contribution in [3.8, 4) is 11.1 Å². The Hall–Kier alpha value is -3.07. The van der Waals surface area contributed by atoms with Crippen LogP contribution in [0.5, 0.6) is 0 Å². The third-order valence-electron chi connectivity index (χ3n) is 8.80. The number of para-hydroxylation sites is 1. The molecule has 0 radical (unpaired) electrons. The maximum Gasteiger partial charge on any atom is 0.177 e. The summed E-state index contributed by atoms with van der Waals surface area (Å²) in [6.45, 7) is 14.4. The van der Waals surface area contributed by atoms with Crippen molar-refractivity contribution in [2.24, 2.45) is 5.41 Å². The van der Waals surface area contributed by atoms with Crippen molar-refractivity contribution in [1.29, 1.82) is 0 Å². The van der Waals surface area contributed by atoms with E-state index in [9.17, 15) is 0 Å². The van der Waals surface area contributed by atoms with E-state index in [0.717, 1.165) is 18.4 Å². The van der Waals surface area contributed by atoms with Crippen molar-refractivity contribution in [1.82, 2.24) is 4.98 Å².